The first kappa shape index (κ1) is 17.8. The Morgan fingerprint density at radius 1 is 1.14 bits per heavy atom. The van der Waals surface area contributed by atoms with Crippen molar-refractivity contribution in [3.8, 4) is 16.3 Å². The minimum atomic E-state index is -0.378. The summed E-state index contributed by atoms with van der Waals surface area (Å²) in [6.07, 6.45) is 1.37. The molecule has 2 aromatic carbocycles. The van der Waals surface area contributed by atoms with Gasteiger partial charge in [0.1, 0.15) is 17.3 Å². The lowest BCUT2D eigenvalue weighted by molar-refractivity contribution is -0.116. The van der Waals surface area contributed by atoms with E-state index in [2.05, 4.69) is 20.5 Å². The van der Waals surface area contributed by atoms with Crippen molar-refractivity contribution in [1.29, 1.82) is 0 Å². The number of hydrogen-bond donors (Lipinski definition) is 1. The summed E-state index contributed by atoms with van der Waals surface area (Å²) >= 11 is 1.25. The Kier molecular flexibility index (Phi) is 4.81. The van der Waals surface area contributed by atoms with Gasteiger partial charge in [-0.25, -0.2) is 4.98 Å². The van der Waals surface area contributed by atoms with Crippen LogP contribution >= 0.6 is 11.3 Å². The third-order valence-electron chi connectivity index (χ3n) is 4.05. The molecule has 0 saturated carbocycles. The molecule has 0 radical (unpaired) electrons. The molecule has 4 rings (SSSR count). The van der Waals surface area contributed by atoms with Crippen molar-refractivity contribution in [2.75, 3.05) is 12.4 Å². The smallest absolute Gasteiger partial charge is 0.261 e. The van der Waals surface area contributed by atoms with Gasteiger partial charge < -0.3 is 4.74 Å². The highest BCUT2D eigenvalue weighted by molar-refractivity contribution is 7.18. The molecule has 2 heterocycles. The monoisotopic (exact) mass is 393 g/mol. The fourth-order valence-corrected chi connectivity index (χ4v) is 3.42. The Hall–Kier alpha value is -3.59. The van der Waals surface area contributed by atoms with E-state index >= 15 is 0 Å². The maximum atomic E-state index is 12.5. The van der Waals surface area contributed by atoms with Gasteiger partial charge in [0, 0.05) is 5.56 Å². The molecule has 9 heteroatoms. The van der Waals surface area contributed by atoms with Gasteiger partial charge in [0.25, 0.3) is 5.56 Å². The topological polar surface area (TPSA) is 99.0 Å². The average molecular weight is 393 g/mol. The number of aromatic nitrogens is 4. The second-order valence-corrected chi connectivity index (χ2v) is 6.86. The van der Waals surface area contributed by atoms with Crippen molar-refractivity contribution in [2.24, 2.45) is 0 Å². The number of carbonyl (C=O) groups is 1. The van der Waals surface area contributed by atoms with Crippen molar-refractivity contribution in [1.82, 2.24) is 19.7 Å². The Morgan fingerprint density at radius 3 is 2.71 bits per heavy atom. The van der Waals surface area contributed by atoms with E-state index in [1.807, 2.05) is 30.3 Å². The van der Waals surface area contributed by atoms with E-state index < -0.39 is 0 Å². The molecule has 4 aromatic rings. The first-order chi connectivity index (χ1) is 13.6. The SMILES string of the molecule is COc1ccc(-c2nnc(NC(=O)Cn3cnc4ccccc4c3=O)s2)cc1. The number of para-hydroxylation sites is 1. The first-order valence-corrected chi connectivity index (χ1v) is 9.17. The zero-order valence-corrected chi connectivity index (χ0v) is 15.6. The van der Waals surface area contributed by atoms with Crippen molar-refractivity contribution >= 4 is 33.3 Å². The first-order valence-electron chi connectivity index (χ1n) is 8.36. The van der Waals surface area contributed by atoms with E-state index in [0.717, 1.165) is 11.3 Å². The molecular formula is C19H15N5O3S. The van der Waals surface area contributed by atoms with Crippen molar-refractivity contribution in [3.05, 3.63) is 65.2 Å². The van der Waals surface area contributed by atoms with E-state index in [4.69, 9.17) is 4.74 Å². The van der Waals surface area contributed by atoms with Gasteiger partial charge in [-0.15, -0.1) is 10.2 Å². The average Bonchev–Trinajstić information content (AvgIpc) is 3.18. The summed E-state index contributed by atoms with van der Waals surface area (Å²) in [7, 11) is 1.60. The molecule has 0 saturated heterocycles. The summed E-state index contributed by atoms with van der Waals surface area (Å²) in [5.74, 6) is 0.368. The number of hydrogen-bond acceptors (Lipinski definition) is 7. The maximum absolute atomic E-state index is 12.5. The van der Waals surface area contributed by atoms with E-state index in [9.17, 15) is 9.59 Å². The number of nitrogens with one attached hydrogen (secondary N) is 1. The molecule has 0 spiro atoms. The van der Waals surface area contributed by atoms with Crippen LogP contribution < -0.4 is 15.6 Å². The Balaban J connectivity index is 1.48. The summed E-state index contributed by atoms with van der Waals surface area (Å²) in [6.45, 7) is -0.159. The third-order valence-corrected chi connectivity index (χ3v) is 4.94. The largest absolute Gasteiger partial charge is 0.497 e. The molecular weight excluding hydrogens is 378 g/mol. The number of amides is 1. The number of rotatable bonds is 5. The van der Waals surface area contributed by atoms with Gasteiger partial charge in [-0.1, -0.05) is 23.5 Å². The normalized spacial score (nSPS) is 10.8. The Morgan fingerprint density at radius 2 is 1.93 bits per heavy atom. The number of nitrogens with zero attached hydrogens (tertiary/aromatic N) is 4. The van der Waals surface area contributed by atoms with E-state index in [1.54, 1.807) is 25.3 Å². The molecule has 0 bridgehead atoms. The van der Waals surface area contributed by atoms with Crippen LogP contribution in [0.1, 0.15) is 0 Å². The van der Waals surface area contributed by atoms with Gasteiger partial charge in [0.2, 0.25) is 11.0 Å². The third kappa shape index (κ3) is 3.60. The quantitative estimate of drug-likeness (QED) is 0.559. The van der Waals surface area contributed by atoms with Crippen LogP contribution in [0.25, 0.3) is 21.5 Å². The summed E-state index contributed by atoms with van der Waals surface area (Å²) in [5, 5.41) is 12.3. The van der Waals surface area contributed by atoms with Crippen molar-refractivity contribution < 1.29 is 9.53 Å². The second kappa shape index (κ2) is 7.57. The van der Waals surface area contributed by atoms with Crippen LogP contribution in [0.4, 0.5) is 5.13 Å². The van der Waals surface area contributed by atoms with Crippen LogP contribution in [0.2, 0.25) is 0 Å². The fraction of sp³-hybridized carbons (Fsp3) is 0.105. The lowest BCUT2D eigenvalue weighted by Gasteiger charge is -2.05. The van der Waals surface area contributed by atoms with Crippen LogP contribution in [-0.2, 0) is 11.3 Å². The molecule has 1 N–H and O–H groups in total. The highest BCUT2D eigenvalue weighted by atomic mass is 32.1. The fourth-order valence-electron chi connectivity index (χ4n) is 2.66. The summed E-state index contributed by atoms with van der Waals surface area (Å²) < 4.78 is 6.40. The molecule has 0 aliphatic heterocycles. The zero-order valence-electron chi connectivity index (χ0n) is 14.8. The highest BCUT2D eigenvalue weighted by Crippen LogP contribution is 2.27. The Labute approximate surface area is 163 Å². The zero-order chi connectivity index (χ0) is 19.5. The van der Waals surface area contributed by atoms with Gasteiger partial charge in [-0.05, 0) is 36.4 Å². The number of carbonyl (C=O) groups excluding carboxylic acids is 1. The van der Waals surface area contributed by atoms with E-state index in [-0.39, 0.29) is 18.0 Å². The molecule has 0 atom stereocenters. The van der Waals surface area contributed by atoms with Gasteiger partial charge >= 0.3 is 0 Å². The molecule has 0 unspecified atom stereocenters. The number of anilines is 1. The van der Waals surface area contributed by atoms with Crippen LogP contribution in [0.5, 0.6) is 5.75 Å². The van der Waals surface area contributed by atoms with E-state index in [0.29, 0.717) is 21.0 Å². The molecule has 140 valence electrons. The number of benzene rings is 2. The predicted octanol–water partition coefficient (Wildman–Crippen LogP) is 2.56. The van der Waals surface area contributed by atoms with Gasteiger partial charge in [0.15, 0.2) is 0 Å². The van der Waals surface area contributed by atoms with Crippen LogP contribution in [0.15, 0.2) is 59.7 Å². The summed E-state index contributed by atoms with van der Waals surface area (Å²) in [5.41, 5.74) is 1.20. The lowest BCUT2D eigenvalue weighted by atomic mass is 10.2. The van der Waals surface area contributed by atoms with Crippen molar-refractivity contribution in [2.45, 2.75) is 6.54 Å². The number of methoxy groups -OCH3 is 1. The number of ether oxygens (including phenoxy) is 1. The van der Waals surface area contributed by atoms with Crippen molar-refractivity contribution in [3.63, 3.8) is 0 Å². The van der Waals surface area contributed by atoms with Gasteiger partial charge in [0.05, 0.1) is 24.3 Å². The molecule has 2 aromatic heterocycles. The number of fused-ring (bicyclic) bond motifs is 1. The summed E-state index contributed by atoms with van der Waals surface area (Å²) in [4.78, 5) is 29.0. The van der Waals surface area contributed by atoms with E-state index in [1.165, 1.54) is 22.2 Å². The van der Waals surface area contributed by atoms with Gasteiger partial charge in [-0.2, -0.15) is 0 Å². The molecule has 1 amide bonds. The van der Waals surface area contributed by atoms with Crippen LogP contribution in [-0.4, -0.2) is 32.8 Å². The minimum Gasteiger partial charge on any atom is -0.497 e. The second-order valence-electron chi connectivity index (χ2n) is 5.88. The maximum Gasteiger partial charge on any atom is 0.261 e. The molecule has 0 fully saturated rings. The minimum absolute atomic E-state index is 0.159. The summed E-state index contributed by atoms with van der Waals surface area (Å²) in [6, 6.07) is 14.4. The van der Waals surface area contributed by atoms with Crippen LogP contribution in [0, 0.1) is 0 Å². The lowest BCUT2D eigenvalue weighted by Crippen LogP contribution is -2.27. The predicted molar refractivity (Wildman–Crippen MR) is 107 cm³/mol. The molecule has 0 aliphatic carbocycles. The highest BCUT2D eigenvalue weighted by Gasteiger charge is 2.12. The molecule has 8 nitrogen and oxygen atoms in total. The molecule has 0 aliphatic rings. The van der Waals surface area contributed by atoms with Gasteiger partial charge in [-0.3, -0.25) is 19.5 Å². The standard InChI is InChI=1S/C19H15N5O3S/c1-27-13-8-6-12(7-9-13)17-22-23-19(28-17)21-16(25)10-24-11-20-15-5-3-2-4-14(15)18(24)26/h2-9,11H,10H2,1H3,(H,21,23,25). The Bertz CT molecular complexity index is 1200. The molecule has 28 heavy (non-hydrogen) atoms. The van der Waals surface area contributed by atoms with Crippen LogP contribution in [0.3, 0.4) is 0 Å².